The minimum atomic E-state index is -4.56. The van der Waals surface area contributed by atoms with Gasteiger partial charge in [0.25, 0.3) is 0 Å². The average Bonchev–Trinajstić information content (AvgIpc) is 2.34. The van der Waals surface area contributed by atoms with Crippen molar-refractivity contribution < 1.29 is 27.8 Å². The van der Waals surface area contributed by atoms with Crippen LogP contribution in [0.1, 0.15) is 37.9 Å². The van der Waals surface area contributed by atoms with Crippen molar-refractivity contribution >= 4 is 11.8 Å². The first-order valence-electron chi connectivity index (χ1n) is 6.51. The first-order chi connectivity index (χ1) is 9.94. The third-order valence-corrected chi connectivity index (χ3v) is 2.61. The first-order valence-corrected chi connectivity index (χ1v) is 6.51. The van der Waals surface area contributed by atoms with Crippen LogP contribution in [0, 0.1) is 0 Å². The van der Waals surface area contributed by atoms with Crippen molar-refractivity contribution in [1.29, 1.82) is 0 Å². The quantitative estimate of drug-likeness (QED) is 0.799. The second kappa shape index (κ2) is 6.53. The lowest BCUT2D eigenvalue weighted by atomic mass is 10.0. The van der Waals surface area contributed by atoms with E-state index in [0.29, 0.717) is 0 Å². The third kappa shape index (κ3) is 5.19. The van der Waals surface area contributed by atoms with Gasteiger partial charge in [-0.3, -0.25) is 5.32 Å². The summed E-state index contributed by atoms with van der Waals surface area (Å²) in [6.07, 6.45) is -5.47. The second-order valence-corrected chi connectivity index (χ2v) is 5.72. The van der Waals surface area contributed by atoms with Crippen molar-refractivity contribution in [1.82, 2.24) is 0 Å². The topological polar surface area (TPSA) is 84.6 Å². The number of carbonyl (C=O) groups excluding carboxylic acids is 1. The molecule has 22 heavy (non-hydrogen) atoms. The van der Waals surface area contributed by atoms with Crippen LogP contribution in [0.2, 0.25) is 0 Å². The highest BCUT2D eigenvalue weighted by Gasteiger charge is 2.32. The number of aliphatic hydroxyl groups excluding tert-OH is 1. The highest BCUT2D eigenvalue weighted by atomic mass is 19.4. The van der Waals surface area contributed by atoms with E-state index in [1.165, 1.54) is 0 Å². The van der Waals surface area contributed by atoms with Crippen molar-refractivity contribution in [2.24, 2.45) is 5.73 Å². The van der Waals surface area contributed by atoms with Crippen LogP contribution in [0.5, 0.6) is 0 Å². The zero-order valence-corrected chi connectivity index (χ0v) is 12.5. The van der Waals surface area contributed by atoms with E-state index < -0.39 is 36.1 Å². The molecular formula is C14H19F3N2O3. The maximum atomic E-state index is 12.8. The lowest BCUT2D eigenvalue weighted by molar-refractivity contribution is -0.137. The summed E-state index contributed by atoms with van der Waals surface area (Å²) in [5.41, 5.74) is 3.93. The van der Waals surface area contributed by atoms with Gasteiger partial charge < -0.3 is 15.6 Å². The van der Waals surface area contributed by atoms with Gasteiger partial charge in [-0.2, -0.15) is 13.2 Å². The Morgan fingerprint density at radius 3 is 2.41 bits per heavy atom. The molecule has 0 aliphatic rings. The Kier molecular flexibility index (Phi) is 5.42. The Hall–Kier alpha value is -1.80. The van der Waals surface area contributed by atoms with Crippen molar-refractivity contribution in [2.45, 2.75) is 38.6 Å². The van der Waals surface area contributed by atoms with Crippen LogP contribution in [0.15, 0.2) is 18.2 Å². The van der Waals surface area contributed by atoms with E-state index >= 15 is 0 Å². The fourth-order valence-electron chi connectivity index (χ4n) is 1.68. The number of anilines is 1. The number of aliphatic hydroxyl groups is 1. The Morgan fingerprint density at radius 2 is 1.95 bits per heavy atom. The zero-order valence-electron chi connectivity index (χ0n) is 12.5. The van der Waals surface area contributed by atoms with Gasteiger partial charge in [-0.05, 0) is 38.5 Å². The van der Waals surface area contributed by atoms with Crippen LogP contribution in [0.4, 0.5) is 23.7 Å². The molecule has 0 fully saturated rings. The van der Waals surface area contributed by atoms with Crippen molar-refractivity contribution in [3.8, 4) is 0 Å². The maximum Gasteiger partial charge on any atom is 0.416 e. The molecule has 5 nitrogen and oxygen atoms in total. The summed E-state index contributed by atoms with van der Waals surface area (Å²) in [6, 6.07) is 1.79. The summed E-state index contributed by atoms with van der Waals surface area (Å²) in [6.45, 7) is 4.39. The van der Waals surface area contributed by atoms with Gasteiger partial charge >= 0.3 is 12.3 Å². The number of rotatable bonds is 3. The van der Waals surface area contributed by atoms with Gasteiger partial charge in [-0.15, -0.1) is 0 Å². The molecule has 124 valence electrons. The largest absolute Gasteiger partial charge is 0.444 e. The van der Waals surface area contributed by atoms with Crippen molar-refractivity contribution in [3.63, 3.8) is 0 Å². The fraction of sp³-hybridized carbons (Fsp3) is 0.500. The molecule has 8 heteroatoms. The van der Waals surface area contributed by atoms with Gasteiger partial charge in [0.15, 0.2) is 0 Å². The van der Waals surface area contributed by atoms with Gasteiger partial charge in [0.2, 0.25) is 0 Å². The number of hydrogen-bond acceptors (Lipinski definition) is 4. The third-order valence-electron chi connectivity index (χ3n) is 2.61. The van der Waals surface area contributed by atoms with E-state index in [9.17, 15) is 18.0 Å². The highest BCUT2D eigenvalue weighted by molar-refractivity contribution is 5.86. The van der Waals surface area contributed by atoms with Crippen LogP contribution in [-0.2, 0) is 10.9 Å². The predicted molar refractivity (Wildman–Crippen MR) is 75.3 cm³/mol. The monoisotopic (exact) mass is 320 g/mol. The zero-order chi connectivity index (χ0) is 17.1. The van der Waals surface area contributed by atoms with E-state index in [1.807, 2.05) is 0 Å². The molecule has 0 heterocycles. The summed E-state index contributed by atoms with van der Waals surface area (Å²) < 4.78 is 43.3. The van der Waals surface area contributed by atoms with Crippen molar-refractivity contribution in [2.75, 3.05) is 11.9 Å². The number of benzene rings is 1. The minimum absolute atomic E-state index is 0.148. The molecule has 0 spiro atoms. The van der Waals surface area contributed by atoms with E-state index in [4.69, 9.17) is 15.6 Å². The van der Waals surface area contributed by atoms with E-state index in [-0.39, 0.29) is 11.3 Å². The van der Waals surface area contributed by atoms with Crippen LogP contribution in [-0.4, -0.2) is 23.4 Å². The number of carbonyl (C=O) groups is 1. The number of amides is 1. The summed E-state index contributed by atoms with van der Waals surface area (Å²) >= 11 is 0. The molecule has 1 aromatic carbocycles. The molecule has 0 radical (unpaired) electrons. The lowest BCUT2D eigenvalue weighted by Gasteiger charge is -2.22. The normalized spacial score (nSPS) is 13.6. The summed E-state index contributed by atoms with van der Waals surface area (Å²) in [4.78, 5) is 11.7. The molecular weight excluding hydrogens is 301 g/mol. The minimum Gasteiger partial charge on any atom is -0.444 e. The number of nitrogens with two attached hydrogens (primary N) is 1. The van der Waals surface area contributed by atoms with Crippen LogP contribution in [0.3, 0.4) is 0 Å². The second-order valence-electron chi connectivity index (χ2n) is 5.72. The van der Waals surface area contributed by atoms with E-state index in [2.05, 4.69) is 5.32 Å². The lowest BCUT2D eigenvalue weighted by Crippen LogP contribution is -2.28. The Morgan fingerprint density at radius 1 is 1.36 bits per heavy atom. The molecule has 0 saturated carbocycles. The number of hydrogen-bond donors (Lipinski definition) is 3. The number of ether oxygens (including phenoxy) is 1. The van der Waals surface area contributed by atoms with Crippen LogP contribution < -0.4 is 11.1 Å². The molecule has 1 aromatic rings. The predicted octanol–water partition coefficient (Wildman–Crippen LogP) is 3.04. The molecule has 0 aliphatic carbocycles. The molecule has 1 rings (SSSR count). The van der Waals surface area contributed by atoms with Gasteiger partial charge in [0.1, 0.15) is 5.60 Å². The van der Waals surface area contributed by atoms with Gasteiger partial charge in [0.05, 0.1) is 18.2 Å². The summed E-state index contributed by atoms with van der Waals surface area (Å²) in [5, 5.41) is 11.3. The molecule has 1 unspecified atom stereocenters. The maximum absolute atomic E-state index is 12.8. The standard InChI is InChI=1S/C14H19F3N2O3/c1-13(2,3)22-12(21)19-11-6-8(14(15,16)17)4-5-9(11)10(18)7-20/h4-6,10,20H,7,18H2,1-3H3,(H,19,21). The van der Waals surface area contributed by atoms with E-state index in [0.717, 1.165) is 18.2 Å². The molecule has 0 bridgehead atoms. The van der Waals surface area contributed by atoms with Gasteiger partial charge in [-0.1, -0.05) is 6.07 Å². The van der Waals surface area contributed by atoms with Crippen LogP contribution >= 0.6 is 0 Å². The van der Waals surface area contributed by atoms with Gasteiger partial charge in [-0.25, -0.2) is 4.79 Å². The Balaban J connectivity index is 3.14. The van der Waals surface area contributed by atoms with Crippen LogP contribution in [0.25, 0.3) is 0 Å². The summed E-state index contributed by atoms with van der Waals surface area (Å²) in [7, 11) is 0. The molecule has 1 amide bonds. The number of halogens is 3. The number of alkyl halides is 3. The number of nitrogens with one attached hydrogen (secondary N) is 1. The molecule has 0 saturated heterocycles. The smallest absolute Gasteiger partial charge is 0.416 e. The first kappa shape index (κ1) is 18.2. The Labute approximate surface area is 126 Å². The fourth-order valence-corrected chi connectivity index (χ4v) is 1.68. The average molecular weight is 320 g/mol. The molecule has 0 aromatic heterocycles. The van der Waals surface area contributed by atoms with E-state index in [1.54, 1.807) is 20.8 Å². The molecule has 4 N–H and O–H groups in total. The summed E-state index contributed by atoms with van der Waals surface area (Å²) in [5.74, 6) is 0. The molecule has 0 aliphatic heterocycles. The Bertz CT molecular complexity index is 539. The highest BCUT2D eigenvalue weighted by Crippen LogP contribution is 2.33. The SMILES string of the molecule is CC(C)(C)OC(=O)Nc1cc(C(F)(F)F)ccc1C(N)CO. The van der Waals surface area contributed by atoms with Gasteiger partial charge in [0, 0.05) is 5.69 Å². The molecule has 1 atom stereocenters. The van der Waals surface area contributed by atoms with Crippen molar-refractivity contribution in [3.05, 3.63) is 29.3 Å².